The Bertz CT molecular complexity index is 383. The van der Waals surface area contributed by atoms with Gasteiger partial charge in [-0.25, -0.2) is 9.59 Å². The molecule has 0 aliphatic rings. The van der Waals surface area contributed by atoms with Crippen LogP contribution in [0.1, 0.15) is 23.6 Å². The van der Waals surface area contributed by atoms with Crippen molar-refractivity contribution in [3.05, 3.63) is 23.3 Å². The number of hydrogen-bond donors (Lipinski definition) is 4. The minimum Gasteiger partial charge on any atom is -1.00 e. The molecule has 0 fully saturated rings. The van der Waals surface area contributed by atoms with Crippen molar-refractivity contribution in [3.63, 3.8) is 0 Å². The normalized spacial score (nSPS) is 9.07. The summed E-state index contributed by atoms with van der Waals surface area (Å²) in [4.78, 5) is 20.9. The van der Waals surface area contributed by atoms with Gasteiger partial charge in [0, 0.05) is 0 Å². The molecule has 78 valence electrons. The van der Waals surface area contributed by atoms with Crippen molar-refractivity contribution < 1.29 is 32.9 Å². The van der Waals surface area contributed by atoms with E-state index in [1.807, 2.05) is 0 Å². The molecule has 1 aromatic rings. The van der Waals surface area contributed by atoms with Crippen molar-refractivity contribution in [2.75, 3.05) is 0 Å². The molecule has 0 bridgehead atoms. The fraction of sp³-hybridized carbons (Fsp3) is 0. The van der Waals surface area contributed by atoms with Gasteiger partial charge in [-0.3, -0.25) is 0 Å². The zero-order valence-corrected chi connectivity index (χ0v) is 8.88. The standard InChI is InChI=1S/C8H6O6.Mg.2H/c9-5-1-3(7(11)12)6(10)2-4(5)8(13)14;;;/h1-2,9-10H,(H,11,12)(H,13,14);;;/q;+2;2*-1. The van der Waals surface area contributed by atoms with Crippen LogP contribution in [0.2, 0.25) is 0 Å². The molecule has 0 radical (unpaired) electrons. The van der Waals surface area contributed by atoms with Crippen LogP contribution in [0, 0.1) is 0 Å². The summed E-state index contributed by atoms with van der Waals surface area (Å²) in [6.45, 7) is 0. The van der Waals surface area contributed by atoms with Crippen LogP contribution < -0.4 is 0 Å². The molecule has 0 saturated heterocycles. The van der Waals surface area contributed by atoms with E-state index in [2.05, 4.69) is 0 Å². The van der Waals surface area contributed by atoms with Crippen molar-refractivity contribution in [2.45, 2.75) is 0 Å². The molecule has 0 spiro atoms. The van der Waals surface area contributed by atoms with Gasteiger partial charge in [0.25, 0.3) is 0 Å². The average molecular weight is 224 g/mol. The molecule has 6 nitrogen and oxygen atoms in total. The van der Waals surface area contributed by atoms with Gasteiger partial charge in [0.2, 0.25) is 0 Å². The number of phenols is 2. The number of rotatable bonds is 2. The SMILES string of the molecule is O=C(O)c1cc(O)c(C(=O)O)cc1O.[H-].[H-].[Mg+2]. The second-order valence-electron chi connectivity index (χ2n) is 2.50. The van der Waals surface area contributed by atoms with Crippen LogP contribution >= 0.6 is 0 Å². The van der Waals surface area contributed by atoms with Crippen LogP contribution in [0.4, 0.5) is 0 Å². The molecule has 0 heterocycles. The third kappa shape index (κ3) is 2.74. The van der Waals surface area contributed by atoms with Gasteiger partial charge in [-0.2, -0.15) is 0 Å². The predicted molar refractivity (Wildman–Crippen MR) is 51.7 cm³/mol. The van der Waals surface area contributed by atoms with Crippen molar-refractivity contribution in [1.82, 2.24) is 0 Å². The van der Waals surface area contributed by atoms with Gasteiger partial charge in [-0.05, 0) is 12.1 Å². The summed E-state index contributed by atoms with van der Waals surface area (Å²) in [5, 5.41) is 35.2. The van der Waals surface area contributed by atoms with Gasteiger partial charge >= 0.3 is 35.0 Å². The fourth-order valence-corrected chi connectivity index (χ4v) is 0.919. The quantitative estimate of drug-likeness (QED) is 0.425. The van der Waals surface area contributed by atoms with Crippen molar-refractivity contribution in [1.29, 1.82) is 0 Å². The van der Waals surface area contributed by atoms with E-state index < -0.39 is 34.6 Å². The first-order valence-corrected chi connectivity index (χ1v) is 3.46. The van der Waals surface area contributed by atoms with Gasteiger partial charge in [0.15, 0.2) is 0 Å². The Kier molecular flexibility index (Phi) is 4.37. The molecule has 0 saturated carbocycles. The summed E-state index contributed by atoms with van der Waals surface area (Å²) in [5.74, 6) is -4.30. The van der Waals surface area contributed by atoms with E-state index in [-0.39, 0.29) is 25.9 Å². The molecule has 15 heavy (non-hydrogen) atoms. The predicted octanol–water partition coefficient (Wildman–Crippen LogP) is 0.338. The zero-order chi connectivity index (χ0) is 10.9. The molecular formula is C8H8MgO6. The number of benzene rings is 1. The summed E-state index contributed by atoms with van der Waals surface area (Å²) >= 11 is 0. The molecule has 0 unspecified atom stereocenters. The second kappa shape index (κ2) is 4.85. The first-order chi connectivity index (χ1) is 6.43. The zero-order valence-electron chi connectivity index (χ0n) is 9.47. The number of aromatic hydroxyl groups is 2. The molecule has 1 aromatic carbocycles. The van der Waals surface area contributed by atoms with Gasteiger partial charge in [0.05, 0.1) is 0 Å². The summed E-state index contributed by atoms with van der Waals surface area (Å²) in [5.41, 5.74) is -1.10. The van der Waals surface area contributed by atoms with E-state index in [1.54, 1.807) is 0 Å². The first-order valence-electron chi connectivity index (χ1n) is 3.46. The molecule has 0 atom stereocenters. The van der Waals surface area contributed by atoms with E-state index >= 15 is 0 Å². The van der Waals surface area contributed by atoms with E-state index in [4.69, 9.17) is 20.4 Å². The van der Waals surface area contributed by atoms with E-state index in [9.17, 15) is 9.59 Å². The van der Waals surface area contributed by atoms with Crippen LogP contribution in [-0.2, 0) is 0 Å². The molecular weight excluding hydrogens is 216 g/mol. The largest absolute Gasteiger partial charge is 2.00 e. The summed E-state index contributed by atoms with van der Waals surface area (Å²) < 4.78 is 0. The number of aromatic carboxylic acids is 2. The number of hydrogen-bond acceptors (Lipinski definition) is 4. The van der Waals surface area contributed by atoms with E-state index in [0.717, 1.165) is 0 Å². The Labute approximate surface area is 103 Å². The Hall–Kier alpha value is -1.47. The number of carbonyl (C=O) groups is 2. The van der Waals surface area contributed by atoms with Crippen LogP contribution in [0.5, 0.6) is 11.5 Å². The maximum absolute atomic E-state index is 10.4. The van der Waals surface area contributed by atoms with Crippen LogP contribution in [0.25, 0.3) is 0 Å². The second-order valence-corrected chi connectivity index (χ2v) is 2.50. The van der Waals surface area contributed by atoms with Crippen LogP contribution in [-0.4, -0.2) is 55.4 Å². The third-order valence-electron chi connectivity index (χ3n) is 1.57. The Morgan fingerprint density at radius 1 is 0.933 bits per heavy atom. The van der Waals surface area contributed by atoms with Gasteiger partial charge in [-0.1, -0.05) is 0 Å². The molecule has 4 N–H and O–H groups in total. The van der Waals surface area contributed by atoms with E-state index in [0.29, 0.717) is 12.1 Å². The minimum absolute atomic E-state index is 0. The maximum atomic E-state index is 10.4. The fourth-order valence-electron chi connectivity index (χ4n) is 0.919. The maximum Gasteiger partial charge on any atom is 2.00 e. The summed E-state index contributed by atoms with van der Waals surface area (Å²) in [6.07, 6.45) is 0. The van der Waals surface area contributed by atoms with Gasteiger partial charge in [0.1, 0.15) is 22.6 Å². The smallest absolute Gasteiger partial charge is 1.00 e. The third-order valence-corrected chi connectivity index (χ3v) is 1.57. The van der Waals surface area contributed by atoms with Crippen LogP contribution in [0.15, 0.2) is 12.1 Å². The van der Waals surface area contributed by atoms with Gasteiger partial charge in [-0.15, -0.1) is 0 Å². The molecule has 0 aromatic heterocycles. The van der Waals surface area contributed by atoms with Crippen LogP contribution in [0.3, 0.4) is 0 Å². The molecule has 0 amide bonds. The topological polar surface area (TPSA) is 115 Å². The number of carboxylic acid groups (broad SMARTS) is 2. The molecule has 0 aliphatic carbocycles. The van der Waals surface area contributed by atoms with E-state index in [1.165, 1.54) is 0 Å². The summed E-state index contributed by atoms with van der Waals surface area (Å²) in [7, 11) is 0. The summed E-state index contributed by atoms with van der Waals surface area (Å²) in [6, 6.07) is 1.36. The monoisotopic (exact) mass is 224 g/mol. The molecule has 0 aliphatic heterocycles. The Balaban J connectivity index is -0.000000653. The Morgan fingerprint density at radius 2 is 1.20 bits per heavy atom. The Morgan fingerprint density at radius 3 is 1.40 bits per heavy atom. The minimum atomic E-state index is -1.45. The van der Waals surface area contributed by atoms with Crippen molar-refractivity contribution in [3.8, 4) is 11.5 Å². The molecule has 1 rings (SSSR count). The molecule has 7 heteroatoms. The van der Waals surface area contributed by atoms with Gasteiger partial charge < -0.3 is 23.3 Å². The van der Waals surface area contributed by atoms with Crippen molar-refractivity contribution in [2.24, 2.45) is 0 Å². The van der Waals surface area contributed by atoms with Crippen molar-refractivity contribution >= 4 is 35.0 Å². The average Bonchev–Trinajstić information content (AvgIpc) is 2.07. The first kappa shape index (κ1) is 13.5. The number of carboxylic acids is 2.